The van der Waals surface area contributed by atoms with Gasteiger partial charge in [-0.25, -0.2) is 0 Å². The Hall–Kier alpha value is -4.00. The van der Waals surface area contributed by atoms with Gasteiger partial charge in [0.2, 0.25) is 0 Å². The first-order chi connectivity index (χ1) is 19.2. The summed E-state index contributed by atoms with van der Waals surface area (Å²) in [6, 6.07) is 50.6. The third-order valence-corrected chi connectivity index (χ3v) is 14.9. The first-order valence-corrected chi connectivity index (χ1v) is 17.1. The molecule has 0 aliphatic heterocycles. The Bertz CT molecular complexity index is 2150. The molecule has 0 amide bonds. The number of fused-ring (bicyclic) bond motifs is 10. The molecule has 2 nitrogen and oxygen atoms in total. The van der Waals surface area contributed by atoms with Crippen molar-refractivity contribution in [3.05, 3.63) is 140 Å². The molecule has 8 aromatic rings. The van der Waals surface area contributed by atoms with Gasteiger partial charge in [-0.2, -0.15) is 0 Å². The van der Waals surface area contributed by atoms with Crippen LogP contribution in [0.5, 0.6) is 0 Å². The van der Waals surface area contributed by atoms with Crippen molar-refractivity contribution < 1.29 is 0 Å². The van der Waals surface area contributed by atoms with E-state index in [2.05, 4.69) is 159 Å². The summed E-state index contributed by atoms with van der Waals surface area (Å²) in [7, 11) is 0. The molecule has 0 atom stereocenters. The van der Waals surface area contributed by atoms with E-state index in [1.807, 2.05) is 0 Å². The van der Waals surface area contributed by atoms with Gasteiger partial charge in [-0.05, 0) is 0 Å². The predicted molar refractivity (Wildman–Crippen MR) is 170 cm³/mol. The van der Waals surface area contributed by atoms with E-state index in [1.165, 1.54) is 48.4 Å². The summed E-state index contributed by atoms with van der Waals surface area (Å²) >= 11 is 3.74. The molecule has 0 bridgehead atoms. The van der Waals surface area contributed by atoms with Gasteiger partial charge in [-0.3, -0.25) is 0 Å². The average Bonchev–Trinajstić information content (AvgIpc) is 3.41. The molecule has 0 aliphatic rings. The third-order valence-electron chi connectivity index (χ3n) is 7.82. The summed E-state index contributed by atoms with van der Waals surface area (Å²) < 4.78 is 2.34. The quantitative estimate of drug-likeness (QED) is 0.121. The summed E-state index contributed by atoms with van der Waals surface area (Å²) in [5, 5.41) is 10.2. The molecular formula is C35H23N2PSe+. The van der Waals surface area contributed by atoms with E-state index in [4.69, 9.17) is 4.98 Å². The van der Waals surface area contributed by atoms with E-state index in [1.54, 1.807) is 0 Å². The summed E-state index contributed by atoms with van der Waals surface area (Å²) in [6.45, 7) is 0. The van der Waals surface area contributed by atoms with Crippen LogP contribution < -0.4 is 15.9 Å². The molecule has 6 aromatic carbocycles. The number of nitrogens with zero attached hydrogens (tertiary/aromatic N) is 2. The normalized spacial score (nSPS) is 12.2. The van der Waals surface area contributed by atoms with Crippen LogP contribution in [-0.2, 0) is 0 Å². The van der Waals surface area contributed by atoms with E-state index in [0.29, 0.717) is 0 Å². The first-order valence-electron chi connectivity index (χ1n) is 13.1. The van der Waals surface area contributed by atoms with Gasteiger partial charge in [0.15, 0.2) is 0 Å². The van der Waals surface area contributed by atoms with Gasteiger partial charge >= 0.3 is 235 Å². The Balaban J connectivity index is 1.57. The van der Waals surface area contributed by atoms with Crippen LogP contribution in [0.3, 0.4) is 0 Å². The Morgan fingerprint density at radius 3 is 1.95 bits per heavy atom. The van der Waals surface area contributed by atoms with Crippen LogP contribution in [0.2, 0.25) is 0 Å². The van der Waals surface area contributed by atoms with Gasteiger partial charge in [0.1, 0.15) is 0 Å². The van der Waals surface area contributed by atoms with Crippen LogP contribution in [0.4, 0.5) is 0 Å². The van der Waals surface area contributed by atoms with E-state index in [0.717, 1.165) is 16.7 Å². The second-order valence-corrected chi connectivity index (χ2v) is 16.2. The summed E-state index contributed by atoms with van der Waals surface area (Å²) in [6.07, 6.45) is 0. The molecule has 0 unspecified atom stereocenters. The Morgan fingerprint density at radius 1 is 0.513 bits per heavy atom. The van der Waals surface area contributed by atoms with Crippen LogP contribution in [-0.4, -0.2) is 25.0 Å². The number of aromatic nitrogens is 2. The third kappa shape index (κ3) is 3.35. The molecule has 183 valence electrons. The number of benzene rings is 6. The fraction of sp³-hybridized carbons (Fsp3) is 0. The molecule has 0 saturated carbocycles. The Labute approximate surface area is 234 Å². The molecule has 0 saturated heterocycles. The number of hydrogen-bond donors (Lipinski definition) is 0. The van der Waals surface area contributed by atoms with Gasteiger partial charge in [-0.15, -0.1) is 0 Å². The van der Waals surface area contributed by atoms with Crippen molar-refractivity contribution in [3.8, 4) is 0 Å². The first kappa shape index (κ1) is 22.9. The van der Waals surface area contributed by atoms with Crippen LogP contribution in [0.25, 0.3) is 49.1 Å². The number of pyridine rings is 1. The minimum absolute atomic E-state index is 1.01. The van der Waals surface area contributed by atoms with E-state index >= 15 is 0 Å². The Morgan fingerprint density at radius 2 is 1.18 bits per heavy atom. The molecule has 0 fully saturated rings. The molecule has 39 heavy (non-hydrogen) atoms. The number of rotatable bonds is 3. The summed E-state index contributed by atoms with van der Waals surface area (Å²) in [5.41, 5.74) is 4.34. The zero-order valence-electron chi connectivity index (χ0n) is 21.0. The molecule has 0 aliphatic carbocycles. The van der Waals surface area contributed by atoms with Crippen molar-refractivity contribution in [2.75, 3.05) is 0 Å². The molecular weight excluding hydrogens is 558 g/mol. The average molecular weight is 582 g/mol. The van der Waals surface area contributed by atoms with Gasteiger partial charge in [0.05, 0.1) is 0 Å². The van der Waals surface area contributed by atoms with Crippen molar-refractivity contribution in [3.63, 3.8) is 0 Å². The monoisotopic (exact) mass is 582 g/mol. The summed E-state index contributed by atoms with van der Waals surface area (Å²) in [5.74, 6) is -2.01. The van der Waals surface area contributed by atoms with Crippen molar-refractivity contribution in [1.82, 2.24) is 9.38 Å². The molecule has 1 radical (unpaired) electrons. The minimum atomic E-state index is -2.01. The number of para-hydroxylation sites is 2. The fourth-order valence-electron chi connectivity index (χ4n) is 6.04. The number of hydrogen-bond acceptors (Lipinski definition) is 1. The number of imidazole rings is 1. The molecule has 0 N–H and O–H groups in total. The maximum atomic E-state index is 5.13. The Kier molecular flexibility index (Phi) is 5.15. The predicted octanol–water partition coefficient (Wildman–Crippen LogP) is 7.32. The van der Waals surface area contributed by atoms with Gasteiger partial charge in [0, 0.05) is 0 Å². The van der Waals surface area contributed by atoms with Crippen LogP contribution in [0.15, 0.2) is 140 Å². The van der Waals surface area contributed by atoms with E-state index in [9.17, 15) is 0 Å². The molecule has 8 rings (SSSR count). The standard InChI is InChI=1S/C35H23N2PSe/c39-38(25-12-3-1-4-13-25,26-14-5-2-6-15-26)27-20-22-32-30(23-27)34-28-16-8-7-11-24(28)19-21-29(34)35-36-31-17-9-10-18-33(31)37(32)35/h1-23H/q+1. The second-order valence-electron chi connectivity index (χ2n) is 9.95. The van der Waals surface area contributed by atoms with Crippen LogP contribution in [0, 0.1) is 0 Å². The zero-order valence-corrected chi connectivity index (χ0v) is 23.6. The van der Waals surface area contributed by atoms with Crippen molar-refractivity contribution in [2.45, 2.75) is 0 Å². The van der Waals surface area contributed by atoms with E-state index < -0.39 is 5.95 Å². The molecule has 4 heteroatoms. The second kappa shape index (κ2) is 8.76. The zero-order chi connectivity index (χ0) is 26.0. The van der Waals surface area contributed by atoms with E-state index in [-0.39, 0.29) is 0 Å². The molecule has 2 heterocycles. The SMILES string of the molecule is [Se][P+](c1ccccc1)(c1ccccc1)c1ccc2c(c1)c1c3ccccc3ccc1c1nc3ccccc3n21. The molecule has 0 spiro atoms. The summed E-state index contributed by atoms with van der Waals surface area (Å²) in [4.78, 5) is 5.13. The van der Waals surface area contributed by atoms with Crippen LogP contribution in [0.1, 0.15) is 0 Å². The topological polar surface area (TPSA) is 17.3 Å². The van der Waals surface area contributed by atoms with Crippen molar-refractivity contribution in [2.24, 2.45) is 0 Å². The van der Waals surface area contributed by atoms with Crippen LogP contribution >= 0.6 is 5.95 Å². The van der Waals surface area contributed by atoms with Crippen molar-refractivity contribution in [1.29, 1.82) is 0 Å². The van der Waals surface area contributed by atoms with Gasteiger partial charge < -0.3 is 0 Å². The maximum absolute atomic E-state index is 5.13. The van der Waals surface area contributed by atoms with Gasteiger partial charge in [-0.1, -0.05) is 0 Å². The van der Waals surface area contributed by atoms with Crippen molar-refractivity contribution >= 4 is 86.6 Å². The fourth-order valence-corrected chi connectivity index (χ4v) is 11.0. The van der Waals surface area contributed by atoms with Gasteiger partial charge in [0.25, 0.3) is 0 Å². The molecule has 2 aromatic heterocycles.